The average Bonchev–Trinajstić information content (AvgIpc) is 3.12. The molecule has 132 valence electrons. The van der Waals surface area contributed by atoms with Gasteiger partial charge in [-0.1, -0.05) is 12.1 Å². The number of carbonyl (C=O) groups excluding carboxylic acids is 1. The molecule has 0 atom stereocenters. The lowest BCUT2D eigenvalue weighted by molar-refractivity contribution is -0.385. The van der Waals surface area contributed by atoms with Crippen LogP contribution in [0.25, 0.3) is 22.6 Å². The van der Waals surface area contributed by atoms with Crippen LogP contribution in [-0.4, -0.2) is 20.8 Å². The first-order valence-electron chi connectivity index (χ1n) is 7.97. The summed E-state index contributed by atoms with van der Waals surface area (Å²) in [6.07, 6.45) is 3.28. The molecule has 2 aromatic carbocycles. The van der Waals surface area contributed by atoms with Crippen LogP contribution in [0.3, 0.4) is 0 Å². The third-order valence-corrected chi connectivity index (χ3v) is 3.92. The van der Waals surface area contributed by atoms with Crippen LogP contribution in [0.2, 0.25) is 0 Å². The van der Waals surface area contributed by atoms with Crippen molar-refractivity contribution in [2.45, 2.75) is 0 Å². The third-order valence-electron chi connectivity index (χ3n) is 3.92. The highest BCUT2D eigenvalue weighted by molar-refractivity contribution is 6.07. The first kappa shape index (κ1) is 16.4. The summed E-state index contributed by atoms with van der Waals surface area (Å²) in [5, 5.41) is 13.7. The summed E-state index contributed by atoms with van der Waals surface area (Å²) in [4.78, 5) is 31.3. The highest BCUT2D eigenvalue weighted by atomic mass is 16.6. The Morgan fingerprint density at radius 3 is 2.63 bits per heavy atom. The summed E-state index contributed by atoms with van der Waals surface area (Å²) in [7, 11) is 0. The van der Waals surface area contributed by atoms with Gasteiger partial charge in [-0.05, 0) is 36.4 Å². The molecule has 0 radical (unpaired) electrons. The van der Waals surface area contributed by atoms with Crippen molar-refractivity contribution >= 4 is 28.4 Å². The van der Waals surface area contributed by atoms with Crippen molar-refractivity contribution in [3.8, 4) is 11.5 Å². The zero-order valence-corrected chi connectivity index (χ0v) is 13.8. The molecular formula is C19H12N4O4. The van der Waals surface area contributed by atoms with Crippen LogP contribution in [0.4, 0.5) is 11.4 Å². The number of para-hydroxylation sites is 1. The number of nitro benzene ring substituents is 1. The molecule has 0 spiro atoms. The molecule has 0 bridgehead atoms. The standard InChI is InChI=1S/C19H12N4O4/c24-18(14-3-1-2-4-16(14)23(25)26)21-13-5-6-17-15(11-13)22-19(27-17)12-7-9-20-10-8-12/h1-11H,(H,21,24). The summed E-state index contributed by atoms with van der Waals surface area (Å²) < 4.78 is 5.71. The van der Waals surface area contributed by atoms with Gasteiger partial charge in [-0.2, -0.15) is 0 Å². The largest absolute Gasteiger partial charge is 0.436 e. The van der Waals surface area contributed by atoms with Gasteiger partial charge >= 0.3 is 0 Å². The van der Waals surface area contributed by atoms with Gasteiger partial charge in [0, 0.05) is 29.7 Å². The number of fused-ring (bicyclic) bond motifs is 1. The van der Waals surface area contributed by atoms with Gasteiger partial charge in [-0.3, -0.25) is 19.9 Å². The van der Waals surface area contributed by atoms with Crippen molar-refractivity contribution in [2.75, 3.05) is 5.32 Å². The maximum absolute atomic E-state index is 12.4. The average molecular weight is 360 g/mol. The Kier molecular flexibility index (Phi) is 4.06. The van der Waals surface area contributed by atoms with Crippen molar-refractivity contribution in [2.24, 2.45) is 0 Å². The zero-order chi connectivity index (χ0) is 18.8. The van der Waals surface area contributed by atoms with Gasteiger partial charge in [0.05, 0.1) is 4.92 Å². The molecule has 4 aromatic rings. The highest BCUT2D eigenvalue weighted by Gasteiger charge is 2.19. The van der Waals surface area contributed by atoms with E-state index in [1.807, 2.05) is 0 Å². The number of nitrogens with zero attached hydrogens (tertiary/aromatic N) is 3. The third kappa shape index (κ3) is 3.23. The van der Waals surface area contributed by atoms with Crippen LogP contribution < -0.4 is 5.32 Å². The molecule has 2 heterocycles. The van der Waals surface area contributed by atoms with E-state index in [1.54, 1.807) is 48.8 Å². The second kappa shape index (κ2) is 6.68. The number of carbonyl (C=O) groups is 1. The molecule has 0 saturated heterocycles. The summed E-state index contributed by atoms with van der Waals surface area (Å²) in [5.41, 5.74) is 2.09. The zero-order valence-electron chi connectivity index (χ0n) is 13.8. The fraction of sp³-hybridized carbons (Fsp3) is 0. The molecule has 8 heteroatoms. The fourth-order valence-electron chi connectivity index (χ4n) is 2.65. The minimum absolute atomic E-state index is 0.0137. The lowest BCUT2D eigenvalue weighted by Gasteiger charge is -2.05. The summed E-state index contributed by atoms with van der Waals surface area (Å²) in [6.45, 7) is 0. The van der Waals surface area contributed by atoms with E-state index in [0.29, 0.717) is 22.7 Å². The molecule has 0 saturated carbocycles. The minimum Gasteiger partial charge on any atom is -0.436 e. The summed E-state index contributed by atoms with van der Waals surface area (Å²) >= 11 is 0. The van der Waals surface area contributed by atoms with Crippen molar-refractivity contribution in [1.82, 2.24) is 9.97 Å². The smallest absolute Gasteiger partial charge is 0.282 e. The van der Waals surface area contributed by atoms with Crippen LogP contribution in [-0.2, 0) is 0 Å². The Bertz CT molecular complexity index is 1150. The number of nitro groups is 1. The van der Waals surface area contributed by atoms with Crippen molar-refractivity contribution in [1.29, 1.82) is 0 Å². The molecule has 2 aromatic heterocycles. The molecule has 0 aliphatic heterocycles. The van der Waals surface area contributed by atoms with Gasteiger partial charge in [0.15, 0.2) is 5.58 Å². The first-order chi connectivity index (χ1) is 13.1. The van der Waals surface area contributed by atoms with Gasteiger partial charge in [0.2, 0.25) is 5.89 Å². The second-order valence-corrected chi connectivity index (χ2v) is 5.67. The van der Waals surface area contributed by atoms with E-state index in [0.717, 1.165) is 5.56 Å². The number of pyridine rings is 1. The number of amides is 1. The van der Waals surface area contributed by atoms with Crippen molar-refractivity contribution < 1.29 is 14.1 Å². The van der Waals surface area contributed by atoms with Gasteiger partial charge in [0.25, 0.3) is 11.6 Å². The highest BCUT2D eigenvalue weighted by Crippen LogP contribution is 2.26. The molecule has 8 nitrogen and oxygen atoms in total. The van der Waals surface area contributed by atoms with Gasteiger partial charge in [0.1, 0.15) is 11.1 Å². The number of hydrogen-bond acceptors (Lipinski definition) is 6. The number of oxazole rings is 1. The maximum Gasteiger partial charge on any atom is 0.282 e. The molecule has 27 heavy (non-hydrogen) atoms. The van der Waals surface area contributed by atoms with Crippen LogP contribution in [0.15, 0.2) is 71.4 Å². The first-order valence-corrected chi connectivity index (χ1v) is 7.97. The lowest BCUT2D eigenvalue weighted by atomic mass is 10.1. The molecule has 0 aliphatic rings. The van der Waals surface area contributed by atoms with E-state index in [4.69, 9.17) is 4.42 Å². The SMILES string of the molecule is O=C(Nc1ccc2oc(-c3ccncc3)nc2c1)c1ccccc1[N+](=O)[O-]. The predicted molar refractivity (Wildman–Crippen MR) is 98.3 cm³/mol. The quantitative estimate of drug-likeness (QED) is 0.434. The normalized spacial score (nSPS) is 10.7. The summed E-state index contributed by atoms with van der Waals surface area (Å²) in [5.74, 6) is -0.130. The van der Waals surface area contributed by atoms with Gasteiger partial charge in [-0.25, -0.2) is 4.98 Å². The monoisotopic (exact) mass is 360 g/mol. The van der Waals surface area contributed by atoms with E-state index in [2.05, 4.69) is 15.3 Å². The number of rotatable bonds is 4. The molecule has 0 aliphatic carbocycles. The maximum atomic E-state index is 12.4. The fourth-order valence-corrected chi connectivity index (χ4v) is 2.65. The number of anilines is 1. The Morgan fingerprint density at radius 1 is 1.07 bits per heavy atom. The van der Waals surface area contributed by atoms with E-state index in [-0.39, 0.29) is 11.3 Å². The Balaban J connectivity index is 1.63. The van der Waals surface area contributed by atoms with Crippen LogP contribution in [0.1, 0.15) is 10.4 Å². The molecular weight excluding hydrogens is 348 g/mol. The summed E-state index contributed by atoms with van der Waals surface area (Å²) in [6, 6.07) is 14.3. The number of hydrogen-bond donors (Lipinski definition) is 1. The van der Waals surface area contributed by atoms with E-state index < -0.39 is 10.8 Å². The Morgan fingerprint density at radius 2 is 1.85 bits per heavy atom. The van der Waals surface area contributed by atoms with Gasteiger partial charge in [-0.15, -0.1) is 0 Å². The van der Waals surface area contributed by atoms with Crippen molar-refractivity contribution in [3.05, 3.63) is 82.7 Å². The van der Waals surface area contributed by atoms with Crippen molar-refractivity contribution in [3.63, 3.8) is 0 Å². The van der Waals surface area contributed by atoms with Gasteiger partial charge < -0.3 is 9.73 Å². The lowest BCUT2D eigenvalue weighted by Crippen LogP contribution is -2.13. The van der Waals surface area contributed by atoms with Crippen LogP contribution >= 0.6 is 0 Å². The van der Waals surface area contributed by atoms with E-state index in [9.17, 15) is 14.9 Å². The Labute approximate surface area is 152 Å². The minimum atomic E-state index is -0.587. The van der Waals surface area contributed by atoms with E-state index in [1.165, 1.54) is 18.2 Å². The molecule has 1 N–H and O–H groups in total. The van der Waals surface area contributed by atoms with Crippen LogP contribution in [0.5, 0.6) is 0 Å². The number of benzene rings is 2. The number of aromatic nitrogens is 2. The second-order valence-electron chi connectivity index (χ2n) is 5.67. The van der Waals surface area contributed by atoms with Crippen LogP contribution in [0, 0.1) is 10.1 Å². The molecule has 1 amide bonds. The molecule has 4 rings (SSSR count). The number of nitrogens with one attached hydrogen (secondary N) is 1. The molecule has 0 fully saturated rings. The predicted octanol–water partition coefficient (Wildman–Crippen LogP) is 4.05. The Hall–Kier alpha value is -4.07. The topological polar surface area (TPSA) is 111 Å². The molecule has 0 unspecified atom stereocenters. The van der Waals surface area contributed by atoms with E-state index >= 15 is 0 Å².